The summed E-state index contributed by atoms with van der Waals surface area (Å²) in [7, 11) is 1.72. The molecule has 0 fully saturated rings. The van der Waals surface area contributed by atoms with E-state index in [0.29, 0.717) is 11.3 Å². The third kappa shape index (κ3) is 2.62. The maximum atomic E-state index is 11.9. The van der Waals surface area contributed by atoms with E-state index in [-0.39, 0.29) is 17.2 Å². The highest BCUT2D eigenvalue weighted by Crippen LogP contribution is 2.19. The Hall–Kier alpha value is -2.63. The van der Waals surface area contributed by atoms with Crippen molar-refractivity contribution < 1.29 is 14.7 Å². The van der Waals surface area contributed by atoms with E-state index in [2.05, 4.69) is 10.4 Å². The zero-order valence-corrected chi connectivity index (χ0v) is 10.5. The number of carbonyl (C=O) groups is 2. The van der Waals surface area contributed by atoms with Gasteiger partial charge in [0.05, 0.1) is 5.56 Å². The average Bonchev–Trinajstić information content (AvgIpc) is 2.78. The molecule has 0 saturated carbocycles. The number of aryl methyl sites for hydroxylation is 1. The Labute approximate surface area is 109 Å². The zero-order chi connectivity index (χ0) is 14.0. The number of aromatic nitrogens is 2. The number of hydrogen-bond acceptors (Lipinski definition) is 3. The van der Waals surface area contributed by atoms with Gasteiger partial charge in [-0.15, -0.1) is 0 Å². The highest BCUT2D eigenvalue weighted by molar-refractivity contribution is 6.04. The predicted octanol–water partition coefficient (Wildman–Crippen LogP) is 1.68. The van der Waals surface area contributed by atoms with Gasteiger partial charge in [-0.3, -0.25) is 9.48 Å². The number of carbonyl (C=O) groups excluding carboxylic acids is 1. The van der Waals surface area contributed by atoms with Gasteiger partial charge in [-0.25, -0.2) is 4.79 Å². The Bertz CT molecular complexity index is 646. The number of carboxylic acid groups (broad SMARTS) is 1. The van der Waals surface area contributed by atoms with E-state index in [1.807, 2.05) is 0 Å². The molecule has 1 aromatic carbocycles. The van der Waals surface area contributed by atoms with Crippen molar-refractivity contribution >= 4 is 17.6 Å². The van der Waals surface area contributed by atoms with Gasteiger partial charge >= 0.3 is 5.97 Å². The van der Waals surface area contributed by atoms with Gasteiger partial charge in [0.1, 0.15) is 0 Å². The lowest BCUT2D eigenvalue weighted by atomic mass is 10.1. The number of carboxylic acids is 1. The fourth-order valence-electron chi connectivity index (χ4n) is 1.73. The number of nitrogens with one attached hydrogen (secondary N) is 1. The number of amides is 1. The molecule has 0 saturated heterocycles. The molecule has 1 amide bonds. The van der Waals surface area contributed by atoms with Crippen LogP contribution >= 0.6 is 0 Å². The third-order valence-electron chi connectivity index (χ3n) is 2.76. The molecular formula is C13H13N3O3. The van der Waals surface area contributed by atoms with Crippen LogP contribution in [0.15, 0.2) is 30.5 Å². The lowest BCUT2D eigenvalue weighted by Gasteiger charge is -2.09. The van der Waals surface area contributed by atoms with E-state index in [1.54, 1.807) is 38.4 Å². The molecule has 0 radical (unpaired) electrons. The van der Waals surface area contributed by atoms with Crippen molar-refractivity contribution in [2.24, 2.45) is 7.05 Å². The summed E-state index contributed by atoms with van der Waals surface area (Å²) in [6.07, 6.45) is 1.66. The number of anilines is 1. The predicted molar refractivity (Wildman–Crippen MR) is 69.3 cm³/mol. The highest BCUT2D eigenvalue weighted by Gasteiger charge is 2.14. The Balaban J connectivity index is 2.27. The van der Waals surface area contributed by atoms with E-state index in [0.717, 1.165) is 0 Å². The summed E-state index contributed by atoms with van der Waals surface area (Å²) in [5.74, 6) is -1.39. The van der Waals surface area contributed by atoms with Crippen LogP contribution < -0.4 is 5.32 Å². The second-order valence-electron chi connectivity index (χ2n) is 4.11. The standard InChI is InChI=1S/C13H13N3O3/c1-8-9(13(18)19)4-3-5-10(8)14-12(17)11-6-7-16(2)15-11/h3-7H,1-2H3,(H,14,17)(H,18,19). The van der Waals surface area contributed by atoms with Crippen LogP contribution in [0.2, 0.25) is 0 Å². The number of hydrogen-bond donors (Lipinski definition) is 2. The molecule has 6 heteroatoms. The summed E-state index contributed by atoms with van der Waals surface area (Å²) < 4.78 is 1.52. The smallest absolute Gasteiger partial charge is 0.336 e. The number of rotatable bonds is 3. The molecule has 98 valence electrons. The van der Waals surface area contributed by atoms with Gasteiger partial charge < -0.3 is 10.4 Å². The van der Waals surface area contributed by atoms with E-state index in [1.165, 1.54) is 10.7 Å². The molecule has 0 aliphatic heterocycles. The van der Waals surface area contributed by atoms with Gasteiger partial charge in [0.15, 0.2) is 5.69 Å². The number of nitrogens with zero attached hydrogens (tertiary/aromatic N) is 2. The lowest BCUT2D eigenvalue weighted by molar-refractivity contribution is 0.0695. The van der Waals surface area contributed by atoms with E-state index in [4.69, 9.17) is 5.11 Å². The summed E-state index contributed by atoms with van der Waals surface area (Å²) in [4.78, 5) is 22.9. The molecular weight excluding hydrogens is 246 g/mol. The molecule has 0 bridgehead atoms. The Morgan fingerprint density at radius 2 is 2.05 bits per heavy atom. The topological polar surface area (TPSA) is 84.2 Å². The summed E-state index contributed by atoms with van der Waals surface area (Å²) in [6, 6.07) is 6.33. The largest absolute Gasteiger partial charge is 0.478 e. The molecule has 0 aliphatic carbocycles. The highest BCUT2D eigenvalue weighted by atomic mass is 16.4. The molecule has 0 spiro atoms. The van der Waals surface area contributed by atoms with Crippen LogP contribution in [0.4, 0.5) is 5.69 Å². The van der Waals surface area contributed by atoms with Crippen molar-refractivity contribution in [1.82, 2.24) is 9.78 Å². The van der Waals surface area contributed by atoms with Crippen molar-refractivity contribution in [2.45, 2.75) is 6.92 Å². The fraction of sp³-hybridized carbons (Fsp3) is 0.154. The molecule has 1 heterocycles. The second kappa shape index (κ2) is 4.93. The van der Waals surface area contributed by atoms with Crippen molar-refractivity contribution in [3.8, 4) is 0 Å². The van der Waals surface area contributed by atoms with Crippen LogP contribution in [0.1, 0.15) is 26.4 Å². The first-order valence-corrected chi connectivity index (χ1v) is 5.63. The lowest BCUT2D eigenvalue weighted by Crippen LogP contribution is -2.15. The van der Waals surface area contributed by atoms with E-state index in [9.17, 15) is 9.59 Å². The van der Waals surface area contributed by atoms with Gasteiger partial charge in [-0.2, -0.15) is 5.10 Å². The average molecular weight is 259 g/mol. The molecule has 6 nitrogen and oxygen atoms in total. The number of benzene rings is 1. The van der Waals surface area contributed by atoms with E-state index >= 15 is 0 Å². The minimum atomic E-state index is -1.02. The van der Waals surface area contributed by atoms with Crippen molar-refractivity contribution in [2.75, 3.05) is 5.32 Å². The van der Waals surface area contributed by atoms with Crippen molar-refractivity contribution in [1.29, 1.82) is 0 Å². The van der Waals surface area contributed by atoms with E-state index < -0.39 is 5.97 Å². The van der Waals surface area contributed by atoms with Gasteiger partial charge in [-0.1, -0.05) is 6.07 Å². The van der Waals surface area contributed by atoms with Crippen LogP contribution in [0.25, 0.3) is 0 Å². The summed E-state index contributed by atoms with van der Waals surface area (Å²) in [6.45, 7) is 1.65. The van der Waals surface area contributed by atoms with Crippen LogP contribution in [0, 0.1) is 6.92 Å². The Morgan fingerprint density at radius 3 is 2.63 bits per heavy atom. The normalized spacial score (nSPS) is 10.2. The second-order valence-corrected chi connectivity index (χ2v) is 4.11. The molecule has 0 unspecified atom stereocenters. The van der Waals surface area contributed by atoms with Crippen LogP contribution in [0.5, 0.6) is 0 Å². The molecule has 2 aromatic rings. The number of aromatic carboxylic acids is 1. The summed E-state index contributed by atoms with van der Waals surface area (Å²) in [5.41, 5.74) is 1.43. The van der Waals surface area contributed by atoms with Crippen LogP contribution in [-0.2, 0) is 7.05 Å². The molecule has 19 heavy (non-hydrogen) atoms. The first-order chi connectivity index (χ1) is 8.99. The Kier molecular flexibility index (Phi) is 3.33. The fourth-order valence-corrected chi connectivity index (χ4v) is 1.73. The van der Waals surface area contributed by atoms with Gasteiger partial charge in [0.25, 0.3) is 5.91 Å². The maximum Gasteiger partial charge on any atom is 0.336 e. The Morgan fingerprint density at radius 1 is 1.32 bits per heavy atom. The molecule has 1 aromatic heterocycles. The van der Waals surface area contributed by atoms with Crippen molar-refractivity contribution in [3.05, 3.63) is 47.3 Å². The summed E-state index contributed by atoms with van der Waals surface area (Å²) >= 11 is 0. The molecule has 2 N–H and O–H groups in total. The third-order valence-corrected chi connectivity index (χ3v) is 2.76. The van der Waals surface area contributed by atoms with Crippen LogP contribution in [0.3, 0.4) is 0 Å². The quantitative estimate of drug-likeness (QED) is 0.878. The molecule has 0 aliphatic rings. The minimum Gasteiger partial charge on any atom is -0.478 e. The molecule has 2 rings (SSSR count). The van der Waals surface area contributed by atoms with Crippen LogP contribution in [-0.4, -0.2) is 26.8 Å². The zero-order valence-electron chi connectivity index (χ0n) is 10.5. The van der Waals surface area contributed by atoms with Gasteiger partial charge in [-0.05, 0) is 30.7 Å². The molecule has 0 atom stereocenters. The monoisotopic (exact) mass is 259 g/mol. The SMILES string of the molecule is Cc1c(NC(=O)c2ccn(C)n2)cccc1C(=O)O. The van der Waals surface area contributed by atoms with Gasteiger partial charge in [0.2, 0.25) is 0 Å². The first kappa shape index (κ1) is 12.8. The van der Waals surface area contributed by atoms with Crippen molar-refractivity contribution in [3.63, 3.8) is 0 Å². The first-order valence-electron chi connectivity index (χ1n) is 5.63. The minimum absolute atomic E-state index is 0.166. The summed E-state index contributed by atoms with van der Waals surface area (Å²) in [5, 5.41) is 15.7. The maximum absolute atomic E-state index is 11.9. The van der Waals surface area contributed by atoms with Gasteiger partial charge in [0, 0.05) is 18.9 Å².